The molecule has 0 N–H and O–H groups in total. The fraction of sp³-hybridized carbons (Fsp3) is 0.400. The molecule has 2 rings (SSSR count). The summed E-state index contributed by atoms with van der Waals surface area (Å²) in [5, 5.41) is 0. The van der Waals surface area contributed by atoms with Gasteiger partial charge < -0.3 is 0 Å². The average Bonchev–Trinajstić information content (AvgIpc) is 2.36. The number of thiol groups is 1. The van der Waals surface area contributed by atoms with Gasteiger partial charge in [0.25, 0.3) is 0 Å². The second kappa shape index (κ2) is 5.53. The van der Waals surface area contributed by atoms with E-state index in [1.807, 2.05) is 6.07 Å². The van der Waals surface area contributed by atoms with Crippen molar-refractivity contribution >= 4 is 12.6 Å². The van der Waals surface area contributed by atoms with E-state index < -0.39 is 0 Å². The second-order valence-electron chi connectivity index (χ2n) is 7.82. The Morgan fingerprint density at radius 3 is 1.62 bits per heavy atom. The first-order chi connectivity index (χ1) is 9.59. The van der Waals surface area contributed by atoms with E-state index in [1.54, 1.807) is 0 Å². The van der Waals surface area contributed by atoms with E-state index in [1.165, 1.54) is 22.3 Å². The summed E-state index contributed by atoms with van der Waals surface area (Å²) in [7, 11) is 0. The SMILES string of the molecule is CC(C)(C)c1cc(-c2ccccc2S)cc(C(C)(C)C)c1. The minimum Gasteiger partial charge on any atom is -0.143 e. The Bertz CT molecular complexity index is 607. The first-order valence-electron chi connectivity index (χ1n) is 7.53. The summed E-state index contributed by atoms with van der Waals surface area (Å²) in [6.07, 6.45) is 0. The Morgan fingerprint density at radius 2 is 1.19 bits per heavy atom. The molecule has 0 aliphatic carbocycles. The number of benzene rings is 2. The van der Waals surface area contributed by atoms with E-state index in [2.05, 4.69) is 90.6 Å². The van der Waals surface area contributed by atoms with E-state index in [0.29, 0.717) is 0 Å². The molecular weight excluding hydrogens is 272 g/mol. The van der Waals surface area contributed by atoms with Gasteiger partial charge in [0, 0.05) is 4.90 Å². The molecule has 0 aliphatic heterocycles. The Hall–Kier alpha value is -1.21. The smallest absolute Gasteiger partial charge is 0.0119 e. The fourth-order valence-electron chi connectivity index (χ4n) is 2.37. The van der Waals surface area contributed by atoms with Crippen LogP contribution in [0.5, 0.6) is 0 Å². The van der Waals surface area contributed by atoms with Crippen molar-refractivity contribution in [2.24, 2.45) is 0 Å². The van der Waals surface area contributed by atoms with E-state index >= 15 is 0 Å². The molecule has 0 saturated heterocycles. The molecule has 0 aromatic heterocycles. The van der Waals surface area contributed by atoms with Crippen LogP contribution in [0.15, 0.2) is 47.4 Å². The van der Waals surface area contributed by atoms with Gasteiger partial charge in [0.15, 0.2) is 0 Å². The van der Waals surface area contributed by atoms with Crippen LogP contribution in [0.3, 0.4) is 0 Å². The van der Waals surface area contributed by atoms with E-state index in [9.17, 15) is 0 Å². The maximum Gasteiger partial charge on any atom is 0.0119 e. The van der Waals surface area contributed by atoms with Crippen molar-refractivity contribution in [2.75, 3.05) is 0 Å². The molecule has 1 heteroatoms. The molecule has 0 unspecified atom stereocenters. The summed E-state index contributed by atoms with van der Waals surface area (Å²) in [5.74, 6) is 0. The number of hydrogen-bond acceptors (Lipinski definition) is 1. The number of rotatable bonds is 1. The molecule has 0 atom stereocenters. The number of hydrogen-bond donors (Lipinski definition) is 1. The summed E-state index contributed by atoms with van der Waals surface area (Å²) in [6.45, 7) is 13.6. The first kappa shape index (κ1) is 16.2. The Labute approximate surface area is 135 Å². The molecule has 0 saturated carbocycles. The van der Waals surface area contributed by atoms with E-state index in [-0.39, 0.29) is 10.8 Å². The molecule has 0 radical (unpaired) electrons. The zero-order valence-electron chi connectivity index (χ0n) is 14.0. The van der Waals surface area contributed by atoms with E-state index in [4.69, 9.17) is 0 Å². The van der Waals surface area contributed by atoms with Crippen molar-refractivity contribution < 1.29 is 0 Å². The lowest BCUT2D eigenvalue weighted by Gasteiger charge is -2.26. The zero-order chi connectivity index (χ0) is 15.8. The normalized spacial score (nSPS) is 12.5. The maximum atomic E-state index is 4.62. The average molecular weight is 298 g/mol. The van der Waals surface area contributed by atoms with Gasteiger partial charge in [-0.1, -0.05) is 77.9 Å². The van der Waals surface area contributed by atoms with Crippen LogP contribution in [-0.2, 0) is 10.8 Å². The predicted molar refractivity (Wildman–Crippen MR) is 96.5 cm³/mol. The lowest BCUT2D eigenvalue weighted by Crippen LogP contribution is -2.16. The van der Waals surface area contributed by atoms with Crippen LogP contribution in [0.2, 0.25) is 0 Å². The first-order valence-corrected chi connectivity index (χ1v) is 7.98. The minimum absolute atomic E-state index is 0.140. The minimum atomic E-state index is 0.140. The van der Waals surface area contributed by atoms with Gasteiger partial charge in [-0.25, -0.2) is 0 Å². The van der Waals surface area contributed by atoms with Crippen LogP contribution in [0.1, 0.15) is 52.7 Å². The van der Waals surface area contributed by atoms with Crippen molar-refractivity contribution in [1.29, 1.82) is 0 Å². The van der Waals surface area contributed by atoms with Crippen LogP contribution in [0, 0.1) is 0 Å². The van der Waals surface area contributed by atoms with Gasteiger partial charge in [0.1, 0.15) is 0 Å². The molecule has 0 amide bonds. The molecule has 0 bridgehead atoms. The molecule has 0 fully saturated rings. The standard InChI is InChI=1S/C20H26S/c1-19(2,3)15-11-14(12-16(13-15)20(4,5)6)17-9-7-8-10-18(17)21/h7-13,21H,1-6H3. The third-order valence-corrected chi connectivity index (χ3v) is 4.27. The Balaban J connectivity index is 2.70. The molecule has 0 spiro atoms. The fourth-order valence-corrected chi connectivity index (χ4v) is 2.66. The largest absolute Gasteiger partial charge is 0.143 e. The van der Waals surface area contributed by atoms with Crippen molar-refractivity contribution in [3.05, 3.63) is 53.6 Å². The van der Waals surface area contributed by atoms with E-state index in [0.717, 1.165) is 4.90 Å². The predicted octanol–water partition coefficient (Wildman–Crippen LogP) is 6.24. The maximum absolute atomic E-state index is 4.62. The summed E-state index contributed by atoms with van der Waals surface area (Å²) in [6, 6.07) is 15.3. The monoisotopic (exact) mass is 298 g/mol. The molecule has 0 heterocycles. The molecule has 0 aliphatic rings. The van der Waals surface area contributed by atoms with Gasteiger partial charge in [-0.05, 0) is 39.2 Å². The van der Waals surface area contributed by atoms with Crippen LogP contribution >= 0.6 is 12.6 Å². The van der Waals surface area contributed by atoms with Crippen LogP contribution in [0.4, 0.5) is 0 Å². The van der Waals surface area contributed by atoms with Gasteiger partial charge in [-0.3, -0.25) is 0 Å². The molecule has 2 aromatic carbocycles. The van der Waals surface area contributed by atoms with Crippen LogP contribution in [0.25, 0.3) is 11.1 Å². The highest BCUT2D eigenvalue weighted by Gasteiger charge is 2.21. The molecule has 0 nitrogen and oxygen atoms in total. The van der Waals surface area contributed by atoms with Gasteiger partial charge >= 0.3 is 0 Å². The zero-order valence-corrected chi connectivity index (χ0v) is 14.9. The van der Waals surface area contributed by atoms with Gasteiger partial charge in [0.2, 0.25) is 0 Å². The van der Waals surface area contributed by atoms with Gasteiger partial charge in [-0.2, -0.15) is 0 Å². The summed E-state index contributed by atoms with van der Waals surface area (Å²) in [5.41, 5.74) is 5.50. The van der Waals surface area contributed by atoms with Gasteiger partial charge in [0.05, 0.1) is 0 Å². The van der Waals surface area contributed by atoms with Crippen molar-refractivity contribution in [1.82, 2.24) is 0 Å². The summed E-state index contributed by atoms with van der Waals surface area (Å²) >= 11 is 4.62. The molecule has 2 aromatic rings. The van der Waals surface area contributed by atoms with Crippen LogP contribution in [-0.4, -0.2) is 0 Å². The highest BCUT2D eigenvalue weighted by atomic mass is 32.1. The third kappa shape index (κ3) is 3.71. The van der Waals surface area contributed by atoms with Crippen molar-refractivity contribution in [3.8, 4) is 11.1 Å². The highest BCUT2D eigenvalue weighted by molar-refractivity contribution is 7.80. The van der Waals surface area contributed by atoms with Gasteiger partial charge in [-0.15, -0.1) is 12.6 Å². The third-order valence-electron chi connectivity index (χ3n) is 3.88. The van der Waals surface area contributed by atoms with Crippen LogP contribution < -0.4 is 0 Å². The Morgan fingerprint density at radius 1 is 0.714 bits per heavy atom. The second-order valence-corrected chi connectivity index (χ2v) is 8.30. The highest BCUT2D eigenvalue weighted by Crippen LogP contribution is 2.35. The lowest BCUT2D eigenvalue weighted by atomic mass is 9.79. The molecular formula is C20H26S. The topological polar surface area (TPSA) is 0 Å². The van der Waals surface area contributed by atoms with Crippen molar-refractivity contribution in [2.45, 2.75) is 57.3 Å². The lowest BCUT2D eigenvalue weighted by molar-refractivity contribution is 0.569. The molecule has 112 valence electrons. The Kier molecular flexibility index (Phi) is 4.26. The molecule has 21 heavy (non-hydrogen) atoms. The summed E-state index contributed by atoms with van der Waals surface area (Å²) < 4.78 is 0. The van der Waals surface area contributed by atoms with Crippen molar-refractivity contribution in [3.63, 3.8) is 0 Å². The quantitative estimate of drug-likeness (QED) is 0.592. The summed E-state index contributed by atoms with van der Waals surface area (Å²) in [4.78, 5) is 1.03.